The van der Waals surface area contributed by atoms with Gasteiger partial charge in [-0.05, 0) is 67.6 Å². The minimum atomic E-state index is -1.000. The zero-order valence-electron chi connectivity index (χ0n) is 19.7. The second kappa shape index (κ2) is 9.46. The average Bonchev–Trinajstić information content (AvgIpc) is 3.23. The molecule has 180 valence electrons. The maximum atomic E-state index is 14.1. The third kappa shape index (κ3) is 5.56. The maximum Gasteiger partial charge on any atom is 0.407 e. The first-order valence-corrected chi connectivity index (χ1v) is 11.4. The molecule has 1 atom stereocenters. The van der Waals surface area contributed by atoms with E-state index < -0.39 is 17.8 Å². The predicted molar refractivity (Wildman–Crippen MR) is 128 cm³/mol. The van der Waals surface area contributed by atoms with Crippen LogP contribution < -0.4 is 5.32 Å². The van der Waals surface area contributed by atoms with Crippen LogP contribution in [0.5, 0.6) is 0 Å². The van der Waals surface area contributed by atoms with E-state index in [0.29, 0.717) is 19.5 Å². The molecule has 0 saturated heterocycles. The number of aliphatic hydroxyl groups excluding tert-OH is 1. The van der Waals surface area contributed by atoms with Gasteiger partial charge in [0.1, 0.15) is 11.4 Å². The number of carbonyl (C=O) groups excluding carboxylic acids is 2. The quantitative estimate of drug-likeness (QED) is 0.526. The predicted octanol–water partition coefficient (Wildman–Crippen LogP) is 4.13. The van der Waals surface area contributed by atoms with Crippen molar-refractivity contribution in [2.75, 3.05) is 13.1 Å². The van der Waals surface area contributed by atoms with E-state index >= 15 is 0 Å². The third-order valence-electron chi connectivity index (χ3n) is 5.81. The number of benzene rings is 2. The van der Waals surface area contributed by atoms with Crippen molar-refractivity contribution in [2.45, 2.75) is 51.9 Å². The summed E-state index contributed by atoms with van der Waals surface area (Å²) in [6.07, 6.45) is 0.759. The van der Waals surface area contributed by atoms with Crippen LogP contribution >= 0.6 is 0 Å². The molecule has 7 nitrogen and oxygen atoms in total. The van der Waals surface area contributed by atoms with Gasteiger partial charge in [-0.25, -0.2) is 9.18 Å². The lowest BCUT2D eigenvalue weighted by Crippen LogP contribution is -2.41. The fourth-order valence-electron chi connectivity index (χ4n) is 4.22. The first-order valence-electron chi connectivity index (χ1n) is 11.4. The van der Waals surface area contributed by atoms with Crippen molar-refractivity contribution in [2.24, 2.45) is 0 Å². The Morgan fingerprint density at radius 1 is 1.21 bits per heavy atom. The molecule has 1 unspecified atom stereocenters. The van der Waals surface area contributed by atoms with Crippen LogP contribution in [0, 0.1) is 5.82 Å². The Hall–Kier alpha value is -3.39. The summed E-state index contributed by atoms with van der Waals surface area (Å²) in [5.74, 6) is -0.466. The van der Waals surface area contributed by atoms with Gasteiger partial charge in [0.25, 0.3) is 0 Å². The SMILES string of the molecule is CC(C)(C)OC(=O)NCC(O)CC(=O)N1CCc2cc(-c3cc(F)cc4[nH]ccc34)ccc2C1. The van der Waals surface area contributed by atoms with E-state index in [1.54, 1.807) is 37.9 Å². The number of halogens is 1. The van der Waals surface area contributed by atoms with Crippen LogP contribution in [0.4, 0.5) is 9.18 Å². The Morgan fingerprint density at radius 3 is 2.76 bits per heavy atom. The Morgan fingerprint density at radius 2 is 2.00 bits per heavy atom. The Balaban J connectivity index is 1.38. The number of rotatable bonds is 5. The summed E-state index contributed by atoms with van der Waals surface area (Å²) >= 11 is 0. The third-order valence-corrected chi connectivity index (χ3v) is 5.81. The molecule has 0 aliphatic carbocycles. The Labute approximate surface area is 197 Å². The van der Waals surface area contributed by atoms with Gasteiger partial charge in [-0.3, -0.25) is 4.79 Å². The summed E-state index contributed by atoms with van der Waals surface area (Å²) in [4.78, 5) is 29.2. The van der Waals surface area contributed by atoms with E-state index in [1.165, 1.54) is 6.07 Å². The number of ether oxygens (including phenoxy) is 1. The van der Waals surface area contributed by atoms with Gasteiger partial charge in [-0.15, -0.1) is 0 Å². The monoisotopic (exact) mass is 467 g/mol. The molecule has 34 heavy (non-hydrogen) atoms. The summed E-state index contributed by atoms with van der Waals surface area (Å²) in [5.41, 5.74) is 4.05. The molecule has 2 aromatic carbocycles. The number of hydrogen-bond donors (Lipinski definition) is 3. The molecule has 0 radical (unpaired) electrons. The molecule has 2 heterocycles. The summed E-state index contributed by atoms with van der Waals surface area (Å²) in [6.45, 7) is 6.18. The summed E-state index contributed by atoms with van der Waals surface area (Å²) in [6, 6.07) is 11.0. The smallest absolute Gasteiger partial charge is 0.407 e. The second-order valence-electron chi connectivity index (χ2n) is 9.68. The van der Waals surface area contributed by atoms with Gasteiger partial charge < -0.3 is 25.0 Å². The van der Waals surface area contributed by atoms with Crippen molar-refractivity contribution in [1.29, 1.82) is 0 Å². The molecule has 1 aromatic heterocycles. The van der Waals surface area contributed by atoms with E-state index in [0.717, 1.165) is 33.2 Å². The van der Waals surface area contributed by atoms with Crippen LogP contribution in [0.2, 0.25) is 0 Å². The second-order valence-corrected chi connectivity index (χ2v) is 9.68. The van der Waals surface area contributed by atoms with Crippen molar-refractivity contribution in [3.63, 3.8) is 0 Å². The number of nitrogens with one attached hydrogen (secondary N) is 2. The highest BCUT2D eigenvalue weighted by Crippen LogP contribution is 2.32. The normalized spacial score (nSPS) is 14.6. The number of fused-ring (bicyclic) bond motifs is 2. The molecule has 0 spiro atoms. The molecule has 4 rings (SSSR count). The summed E-state index contributed by atoms with van der Waals surface area (Å²) < 4.78 is 19.2. The lowest BCUT2D eigenvalue weighted by atomic mass is 9.93. The van der Waals surface area contributed by atoms with Crippen LogP contribution in [0.15, 0.2) is 42.6 Å². The number of hydrogen-bond acceptors (Lipinski definition) is 4. The lowest BCUT2D eigenvalue weighted by molar-refractivity contribution is -0.134. The van der Waals surface area contributed by atoms with Crippen molar-refractivity contribution >= 4 is 22.9 Å². The van der Waals surface area contributed by atoms with Crippen molar-refractivity contribution in [1.82, 2.24) is 15.2 Å². The highest BCUT2D eigenvalue weighted by molar-refractivity contribution is 5.95. The average molecular weight is 468 g/mol. The van der Waals surface area contributed by atoms with Crippen molar-refractivity contribution in [3.05, 3.63) is 59.5 Å². The molecule has 0 fully saturated rings. The van der Waals surface area contributed by atoms with Gasteiger partial charge in [-0.1, -0.05) is 18.2 Å². The Bertz CT molecular complexity index is 1210. The molecular weight excluding hydrogens is 437 g/mol. The number of aromatic nitrogens is 1. The molecule has 3 aromatic rings. The van der Waals surface area contributed by atoms with Crippen LogP contribution in [0.3, 0.4) is 0 Å². The topological polar surface area (TPSA) is 94.7 Å². The lowest BCUT2D eigenvalue weighted by Gasteiger charge is -2.30. The van der Waals surface area contributed by atoms with Crippen LogP contribution in [0.1, 0.15) is 38.3 Å². The van der Waals surface area contributed by atoms with E-state index in [9.17, 15) is 19.1 Å². The molecule has 0 bridgehead atoms. The fourth-order valence-corrected chi connectivity index (χ4v) is 4.22. The molecule has 0 saturated carbocycles. The van der Waals surface area contributed by atoms with Gasteiger partial charge >= 0.3 is 6.09 Å². The highest BCUT2D eigenvalue weighted by atomic mass is 19.1. The number of H-pyrrole nitrogens is 1. The molecule has 1 aliphatic rings. The zero-order chi connectivity index (χ0) is 24.5. The van der Waals surface area contributed by atoms with Crippen LogP contribution in [-0.4, -0.2) is 51.8 Å². The van der Waals surface area contributed by atoms with E-state index in [1.807, 2.05) is 18.2 Å². The van der Waals surface area contributed by atoms with Crippen molar-refractivity contribution < 1.29 is 23.8 Å². The van der Waals surface area contributed by atoms with Gasteiger partial charge in [0.2, 0.25) is 5.91 Å². The summed E-state index contributed by atoms with van der Waals surface area (Å²) in [5, 5.41) is 13.6. The standard InChI is InChI=1S/C26H30FN3O4/c1-26(2,3)34-25(33)29-14-20(31)13-24(32)30-9-7-16-10-17(4-5-18(16)15-30)22-11-19(27)12-23-21(22)6-8-28-23/h4-6,8,10-12,20,28,31H,7,9,13-15H2,1-3H3,(H,29,33). The first kappa shape index (κ1) is 23.8. The molecule has 1 aliphatic heterocycles. The molecular formula is C26H30FN3O4. The summed E-state index contributed by atoms with van der Waals surface area (Å²) in [7, 11) is 0. The minimum Gasteiger partial charge on any atom is -0.444 e. The molecule has 2 amide bonds. The minimum absolute atomic E-state index is 0.0598. The van der Waals surface area contributed by atoms with Gasteiger partial charge in [0.15, 0.2) is 0 Å². The number of amides is 2. The molecule has 8 heteroatoms. The number of aliphatic hydroxyl groups is 1. The fraction of sp³-hybridized carbons (Fsp3) is 0.385. The Kier molecular flexibility index (Phi) is 6.61. The number of alkyl carbamates (subject to hydrolysis) is 1. The van der Waals surface area contributed by atoms with E-state index in [2.05, 4.69) is 16.4 Å². The zero-order valence-corrected chi connectivity index (χ0v) is 19.7. The van der Waals surface area contributed by atoms with E-state index in [-0.39, 0.29) is 24.7 Å². The van der Waals surface area contributed by atoms with Crippen LogP contribution in [-0.2, 0) is 22.5 Å². The number of aromatic amines is 1. The maximum absolute atomic E-state index is 14.1. The first-order chi connectivity index (χ1) is 16.1. The largest absolute Gasteiger partial charge is 0.444 e. The molecule has 3 N–H and O–H groups in total. The van der Waals surface area contributed by atoms with Gasteiger partial charge in [0.05, 0.1) is 12.5 Å². The van der Waals surface area contributed by atoms with E-state index in [4.69, 9.17) is 4.74 Å². The number of nitrogens with zero attached hydrogens (tertiary/aromatic N) is 1. The highest BCUT2D eigenvalue weighted by Gasteiger charge is 2.24. The van der Waals surface area contributed by atoms with Crippen LogP contribution in [0.25, 0.3) is 22.0 Å². The van der Waals surface area contributed by atoms with Gasteiger partial charge in [0, 0.05) is 36.7 Å². The van der Waals surface area contributed by atoms with Gasteiger partial charge in [-0.2, -0.15) is 0 Å². The number of carbonyl (C=O) groups is 2. The van der Waals surface area contributed by atoms with Crippen molar-refractivity contribution in [3.8, 4) is 11.1 Å².